The molecule has 4 heteroatoms. The molecule has 1 aliphatic heterocycles. The lowest BCUT2D eigenvalue weighted by atomic mass is 9.92. The van der Waals surface area contributed by atoms with Crippen LogP contribution in [-0.4, -0.2) is 36.7 Å². The molecule has 0 saturated heterocycles. The Morgan fingerprint density at radius 1 is 1.37 bits per heavy atom. The van der Waals surface area contributed by atoms with E-state index in [2.05, 4.69) is 34.2 Å². The van der Waals surface area contributed by atoms with E-state index in [1.165, 1.54) is 18.4 Å². The summed E-state index contributed by atoms with van der Waals surface area (Å²) in [5.74, 6) is 1.33. The van der Waals surface area contributed by atoms with Crippen LogP contribution in [0.25, 0.3) is 0 Å². The number of aliphatic imine (C=N–C) groups is 1. The average molecular weight is 259 g/mol. The van der Waals surface area contributed by atoms with Crippen LogP contribution in [0.1, 0.15) is 18.4 Å². The van der Waals surface area contributed by atoms with Crippen LogP contribution in [0.15, 0.2) is 35.3 Å². The van der Waals surface area contributed by atoms with Crippen molar-refractivity contribution in [1.82, 2.24) is 4.90 Å². The van der Waals surface area contributed by atoms with Crippen LogP contribution in [0.2, 0.25) is 0 Å². The number of guanidine groups is 1. The molecule has 0 radical (unpaired) electrons. The third-order valence-electron chi connectivity index (χ3n) is 4.24. The molecule has 3 rings (SSSR count). The minimum atomic E-state index is -0.0192. The number of benzene rings is 1. The molecule has 1 aromatic carbocycles. The van der Waals surface area contributed by atoms with Gasteiger partial charge in [0.05, 0.1) is 18.7 Å². The zero-order valence-corrected chi connectivity index (χ0v) is 11.4. The summed E-state index contributed by atoms with van der Waals surface area (Å²) in [5, 5.41) is 0. The van der Waals surface area contributed by atoms with Gasteiger partial charge in [0.1, 0.15) is 0 Å². The molecule has 1 aliphatic carbocycles. The first kappa shape index (κ1) is 12.5. The van der Waals surface area contributed by atoms with Gasteiger partial charge in [-0.25, -0.2) is 0 Å². The van der Waals surface area contributed by atoms with Gasteiger partial charge in [0.25, 0.3) is 0 Å². The van der Waals surface area contributed by atoms with Gasteiger partial charge in [0.15, 0.2) is 5.96 Å². The maximum Gasteiger partial charge on any atom is 0.192 e. The van der Waals surface area contributed by atoms with Crippen molar-refractivity contribution >= 4 is 5.96 Å². The first-order valence-electron chi connectivity index (χ1n) is 6.87. The quantitative estimate of drug-likeness (QED) is 0.874. The van der Waals surface area contributed by atoms with Crippen LogP contribution in [0.4, 0.5) is 0 Å². The summed E-state index contributed by atoms with van der Waals surface area (Å²) in [7, 11) is 1.76. The third kappa shape index (κ3) is 2.21. The topological polar surface area (TPSA) is 50.9 Å². The Balaban J connectivity index is 1.85. The highest BCUT2D eigenvalue weighted by molar-refractivity contribution is 5.81. The van der Waals surface area contributed by atoms with E-state index in [4.69, 9.17) is 10.5 Å². The Morgan fingerprint density at radius 2 is 2.11 bits per heavy atom. The fourth-order valence-corrected chi connectivity index (χ4v) is 3.08. The summed E-state index contributed by atoms with van der Waals surface area (Å²) in [5.41, 5.74) is 7.37. The highest BCUT2D eigenvalue weighted by Crippen LogP contribution is 2.46. The number of ether oxygens (including phenoxy) is 1. The van der Waals surface area contributed by atoms with E-state index in [0.29, 0.717) is 18.5 Å². The zero-order valence-electron chi connectivity index (χ0n) is 11.4. The molecule has 1 unspecified atom stereocenters. The van der Waals surface area contributed by atoms with Gasteiger partial charge in [0, 0.05) is 13.7 Å². The molecule has 0 spiro atoms. The second-order valence-electron chi connectivity index (χ2n) is 5.56. The molecule has 0 amide bonds. The lowest BCUT2D eigenvalue weighted by Crippen LogP contribution is -2.55. The molecular formula is C15H21N3O. The Bertz CT molecular complexity index is 470. The lowest BCUT2D eigenvalue weighted by Gasteiger charge is -2.39. The maximum absolute atomic E-state index is 6.12. The Labute approximate surface area is 114 Å². The standard InChI is InChI=1S/C15H21N3O/c1-19-11-15(13-7-8-13)10-17-14(16)18(15)9-12-5-3-2-4-6-12/h2-6,13H,7-11H2,1H3,(H2,16,17). The van der Waals surface area contributed by atoms with Gasteiger partial charge in [-0.05, 0) is 24.3 Å². The highest BCUT2D eigenvalue weighted by atomic mass is 16.5. The summed E-state index contributed by atoms with van der Waals surface area (Å²) in [6.45, 7) is 2.29. The number of rotatable bonds is 5. The summed E-state index contributed by atoms with van der Waals surface area (Å²) >= 11 is 0. The fraction of sp³-hybridized carbons (Fsp3) is 0.533. The van der Waals surface area contributed by atoms with Gasteiger partial charge in [-0.3, -0.25) is 4.99 Å². The van der Waals surface area contributed by atoms with Crippen molar-refractivity contribution in [1.29, 1.82) is 0 Å². The van der Waals surface area contributed by atoms with Crippen molar-refractivity contribution in [3.63, 3.8) is 0 Å². The van der Waals surface area contributed by atoms with E-state index in [1.807, 2.05) is 6.07 Å². The Kier molecular flexibility index (Phi) is 3.19. The van der Waals surface area contributed by atoms with Crippen molar-refractivity contribution in [3.8, 4) is 0 Å². The highest BCUT2D eigenvalue weighted by Gasteiger charge is 2.52. The molecule has 1 atom stereocenters. The molecule has 0 aromatic heterocycles. The maximum atomic E-state index is 6.12. The van der Waals surface area contributed by atoms with Gasteiger partial charge in [0.2, 0.25) is 0 Å². The predicted octanol–water partition coefficient (Wildman–Crippen LogP) is 1.61. The number of nitrogens with two attached hydrogens (primary N) is 1. The lowest BCUT2D eigenvalue weighted by molar-refractivity contribution is 0.0471. The molecule has 1 saturated carbocycles. The molecule has 1 aromatic rings. The summed E-state index contributed by atoms with van der Waals surface area (Å²) in [6, 6.07) is 10.4. The molecule has 4 nitrogen and oxygen atoms in total. The van der Waals surface area contributed by atoms with Crippen molar-refractivity contribution < 1.29 is 4.74 Å². The number of hydrogen-bond acceptors (Lipinski definition) is 4. The molecule has 2 aliphatic rings. The third-order valence-corrected chi connectivity index (χ3v) is 4.24. The Morgan fingerprint density at radius 3 is 2.74 bits per heavy atom. The average Bonchev–Trinajstić information content (AvgIpc) is 3.23. The van der Waals surface area contributed by atoms with E-state index >= 15 is 0 Å². The van der Waals surface area contributed by atoms with E-state index in [-0.39, 0.29) is 5.54 Å². The Hall–Kier alpha value is -1.55. The van der Waals surface area contributed by atoms with Crippen LogP contribution in [-0.2, 0) is 11.3 Å². The second kappa shape index (κ2) is 4.85. The molecule has 19 heavy (non-hydrogen) atoms. The van der Waals surface area contributed by atoms with Crippen LogP contribution in [0.5, 0.6) is 0 Å². The first-order chi connectivity index (χ1) is 9.26. The SMILES string of the molecule is COCC1(C2CC2)CN=C(N)N1Cc1ccccc1. The second-order valence-corrected chi connectivity index (χ2v) is 5.56. The van der Waals surface area contributed by atoms with Gasteiger partial charge >= 0.3 is 0 Å². The van der Waals surface area contributed by atoms with Crippen molar-refractivity contribution in [2.75, 3.05) is 20.3 Å². The van der Waals surface area contributed by atoms with Gasteiger partial charge in [-0.15, -0.1) is 0 Å². The molecule has 1 heterocycles. The smallest absolute Gasteiger partial charge is 0.192 e. The summed E-state index contributed by atoms with van der Waals surface area (Å²) < 4.78 is 5.48. The van der Waals surface area contributed by atoms with E-state index in [1.54, 1.807) is 7.11 Å². The molecule has 102 valence electrons. The minimum absolute atomic E-state index is 0.0192. The van der Waals surface area contributed by atoms with E-state index in [9.17, 15) is 0 Å². The van der Waals surface area contributed by atoms with Crippen LogP contribution < -0.4 is 5.73 Å². The first-order valence-corrected chi connectivity index (χ1v) is 6.87. The summed E-state index contributed by atoms with van der Waals surface area (Å²) in [4.78, 5) is 6.74. The number of methoxy groups -OCH3 is 1. The van der Waals surface area contributed by atoms with Crippen molar-refractivity contribution in [2.24, 2.45) is 16.6 Å². The van der Waals surface area contributed by atoms with Crippen molar-refractivity contribution in [2.45, 2.75) is 24.9 Å². The molecule has 0 bridgehead atoms. The van der Waals surface area contributed by atoms with Crippen LogP contribution in [0.3, 0.4) is 0 Å². The van der Waals surface area contributed by atoms with Crippen LogP contribution >= 0.6 is 0 Å². The van der Waals surface area contributed by atoms with Gasteiger partial charge < -0.3 is 15.4 Å². The minimum Gasteiger partial charge on any atom is -0.382 e. The van der Waals surface area contributed by atoms with Crippen molar-refractivity contribution in [3.05, 3.63) is 35.9 Å². The van der Waals surface area contributed by atoms with E-state index < -0.39 is 0 Å². The molecule has 1 fully saturated rings. The monoisotopic (exact) mass is 259 g/mol. The van der Waals surface area contributed by atoms with Gasteiger partial charge in [-0.1, -0.05) is 30.3 Å². The normalized spacial score (nSPS) is 26.6. The predicted molar refractivity (Wildman–Crippen MR) is 75.8 cm³/mol. The fourth-order valence-electron chi connectivity index (χ4n) is 3.08. The molecule has 2 N–H and O–H groups in total. The number of nitrogens with zero attached hydrogens (tertiary/aromatic N) is 2. The zero-order chi connectivity index (χ0) is 13.3. The number of hydrogen-bond donors (Lipinski definition) is 1. The van der Waals surface area contributed by atoms with Crippen LogP contribution in [0, 0.1) is 5.92 Å². The summed E-state index contributed by atoms with van der Waals surface area (Å²) in [6.07, 6.45) is 2.52. The largest absolute Gasteiger partial charge is 0.382 e. The van der Waals surface area contributed by atoms with Gasteiger partial charge in [-0.2, -0.15) is 0 Å². The van der Waals surface area contributed by atoms with E-state index in [0.717, 1.165) is 13.1 Å². The molecular weight excluding hydrogens is 238 g/mol.